The molecule has 8 bridgehead atoms. The normalized spacial score (nSPS) is 12.2. The van der Waals surface area contributed by atoms with Gasteiger partial charge in [-0.15, -0.1) is 22.1 Å². The third-order valence-corrected chi connectivity index (χ3v) is 15.2. The van der Waals surface area contributed by atoms with Crippen molar-refractivity contribution in [2.45, 2.75) is 27.7 Å². The number of rotatable bonds is 4. The molecule has 2 aliphatic rings. The Hall–Kier alpha value is -7.90. The van der Waals surface area contributed by atoms with Crippen molar-refractivity contribution in [3.63, 3.8) is 0 Å². The monoisotopic (exact) mass is 1140 g/mol. The predicted octanol–water partition coefficient (Wildman–Crippen LogP) is 14.9. The fraction of sp³-hybridized carbons (Fsp3) is 0.0667. The van der Waals surface area contributed by atoms with E-state index in [4.69, 9.17) is 84.0 Å². The predicted molar refractivity (Wildman–Crippen MR) is 302 cm³/mol. The molecule has 11 aromatic rings. The Morgan fingerprint density at radius 1 is 0.338 bits per heavy atom. The van der Waals surface area contributed by atoms with E-state index >= 15 is 0 Å². The standard InChI is InChI=1S/C60H32Cl4N4O8.Zn/c1-25-5-9-29-41(21-25)73-57(69)49(53(29)61)45-33-13-15-35(65-33)46(50-54(62)30-10-6-26(2)22-42(30)74-58(50)70)37-17-19-39(67-37)48(52-56(64)32-12-8-28(4)24-44(32)76-60(52)72)40-20-18-38(68-40)47(36-16-14-34(45)66-36)51-55(63)31-11-7-27(3)23-43(31)75-59(51)71;/h5-24H,1-4H3;/q-2;+2. The zero-order valence-corrected chi connectivity index (χ0v) is 46.8. The maximum absolute atomic E-state index is 14.5. The average molecular weight is 1140 g/mol. The molecule has 7 aromatic heterocycles. The van der Waals surface area contributed by atoms with Crippen LogP contribution in [0.15, 0.2) is 134 Å². The Bertz CT molecular complexity index is 4370. The molecule has 9 heterocycles. The van der Waals surface area contributed by atoms with E-state index in [-0.39, 0.29) is 151 Å². The van der Waals surface area contributed by atoms with Crippen LogP contribution in [-0.4, -0.2) is 9.97 Å². The molecule has 2 aliphatic heterocycles. The molecule has 0 N–H and O–H groups in total. The summed E-state index contributed by atoms with van der Waals surface area (Å²) in [6, 6.07) is 27.8. The second-order valence-electron chi connectivity index (χ2n) is 18.7. The minimum absolute atomic E-state index is 0. The second kappa shape index (κ2) is 18.7. The van der Waals surface area contributed by atoms with E-state index in [1.165, 1.54) is 0 Å². The summed E-state index contributed by atoms with van der Waals surface area (Å²) in [5.41, 5.74) is 2.85. The molecule has 0 radical (unpaired) electrons. The maximum atomic E-state index is 14.5. The number of aromatic nitrogens is 4. The van der Waals surface area contributed by atoms with E-state index in [0.717, 1.165) is 22.3 Å². The fourth-order valence-electron chi connectivity index (χ4n) is 10.0. The first-order valence-corrected chi connectivity index (χ1v) is 25.1. The van der Waals surface area contributed by atoms with Crippen LogP contribution >= 0.6 is 46.4 Å². The molecule has 12 nitrogen and oxygen atoms in total. The van der Waals surface area contributed by atoms with Crippen LogP contribution in [0.4, 0.5) is 0 Å². The maximum Gasteiger partial charge on any atom is 2.00 e. The van der Waals surface area contributed by atoms with Crippen molar-refractivity contribution in [2.24, 2.45) is 0 Å². The summed E-state index contributed by atoms with van der Waals surface area (Å²) in [5, 5.41) is 1.98. The molecule has 0 unspecified atom stereocenters. The van der Waals surface area contributed by atoms with Gasteiger partial charge in [0.1, 0.15) is 22.3 Å². The summed E-state index contributed by atoms with van der Waals surface area (Å²) in [5.74, 6) is 0. The van der Waals surface area contributed by atoms with Gasteiger partial charge in [0.15, 0.2) is 0 Å². The van der Waals surface area contributed by atoms with Crippen LogP contribution in [0.1, 0.15) is 45.0 Å². The molecule has 0 atom stereocenters. The quantitative estimate of drug-likeness (QED) is 0.121. The van der Waals surface area contributed by atoms with E-state index in [2.05, 4.69) is 0 Å². The summed E-state index contributed by atoms with van der Waals surface area (Å²) >= 11 is 29.2. The summed E-state index contributed by atoms with van der Waals surface area (Å²) < 4.78 is 23.9. The molecular formula is C60H32Cl4N4O8Zn. The smallest absolute Gasteiger partial charge is 0.657 e. The molecule has 0 fully saturated rings. The SMILES string of the molecule is Cc1ccc2c(Cl)c(-c3c4nc(c(-c5c(Cl)c6ccc(C)cc6oc5=O)c5ccc([n-]5)c(-c5c(Cl)c6ccc(C)cc6oc5=O)c5nc(c(-c6c(Cl)c7ccc(C)cc7oc6=O)c6ccc3[n-]6)C=C5)C=C4)c(=O)oc2c1.[Zn+2]. The number of nitrogens with zero attached hydrogens (tertiary/aromatic N) is 4. The van der Waals surface area contributed by atoms with Crippen molar-refractivity contribution in [3.05, 3.63) is 204 Å². The molecule has 0 saturated carbocycles. The topological polar surface area (TPSA) is 175 Å². The van der Waals surface area contributed by atoms with Crippen molar-refractivity contribution in [2.75, 3.05) is 0 Å². The zero-order valence-electron chi connectivity index (χ0n) is 40.8. The van der Waals surface area contributed by atoms with Crippen molar-refractivity contribution < 1.29 is 37.1 Å². The minimum Gasteiger partial charge on any atom is -0.657 e. The number of halogens is 4. The van der Waals surface area contributed by atoms with Gasteiger partial charge in [-0.3, -0.25) is 0 Å². The van der Waals surface area contributed by atoms with Gasteiger partial charge in [-0.2, -0.15) is 0 Å². The van der Waals surface area contributed by atoms with E-state index in [1.54, 1.807) is 97.1 Å². The molecule has 4 aromatic carbocycles. The fourth-order valence-corrected chi connectivity index (χ4v) is 11.4. The molecule has 13 rings (SSSR count). The van der Waals surface area contributed by atoms with E-state index in [0.29, 0.717) is 21.5 Å². The molecule has 17 heteroatoms. The van der Waals surface area contributed by atoms with E-state index in [1.807, 2.05) is 52.0 Å². The molecular weight excluding hydrogens is 1110 g/mol. The Kier molecular flexibility index (Phi) is 12.1. The first kappa shape index (κ1) is 49.9. The Morgan fingerprint density at radius 2 is 0.558 bits per heavy atom. The Morgan fingerprint density at radius 3 is 0.779 bits per heavy atom. The molecule has 0 spiro atoms. The van der Waals surface area contributed by atoms with Gasteiger partial charge < -0.3 is 27.6 Å². The van der Waals surface area contributed by atoms with Gasteiger partial charge >= 0.3 is 42.0 Å². The summed E-state index contributed by atoms with van der Waals surface area (Å²) in [7, 11) is 0. The van der Waals surface area contributed by atoms with E-state index < -0.39 is 22.5 Å². The van der Waals surface area contributed by atoms with Crippen molar-refractivity contribution in [1.82, 2.24) is 19.9 Å². The first-order valence-electron chi connectivity index (χ1n) is 23.6. The van der Waals surface area contributed by atoms with Gasteiger partial charge in [-0.1, -0.05) is 94.9 Å². The van der Waals surface area contributed by atoms with Crippen molar-refractivity contribution in [1.29, 1.82) is 0 Å². The first-order chi connectivity index (χ1) is 36.6. The average Bonchev–Trinajstić information content (AvgIpc) is 4.33. The van der Waals surface area contributed by atoms with Gasteiger partial charge in [-0.05, 0) is 123 Å². The van der Waals surface area contributed by atoms with Gasteiger partial charge in [-0.25, -0.2) is 29.1 Å². The Labute approximate surface area is 466 Å². The van der Waals surface area contributed by atoms with Gasteiger partial charge in [0.2, 0.25) is 0 Å². The Balaban J connectivity index is 0.00000596. The van der Waals surface area contributed by atoms with Gasteiger partial charge in [0, 0.05) is 43.8 Å². The molecule has 0 amide bonds. The summed E-state index contributed by atoms with van der Waals surface area (Å²) in [6.45, 7) is 7.45. The number of fused-ring (bicyclic) bond motifs is 12. The number of benzene rings is 4. The third-order valence-electron chi connectivity index (χ3n) is 13.6. The van der Waals surface area contributed by atoms with Crippen LogP contribution in [0.3, 0.4) is 0 Å². The molecule has 77 heavy (non-hydrogen) atoms. The van der Waals surface area contributed by atoms with Crippen LogP contribution < -0.4 is 32.5 Å². The van der Waals surface area contributed by atoms with Crippen LogP contribution in [0.25, 0.3) is 135 Å². The number of hydrogen-bond donors (Lipinski definition) is 0. The number of hydrogen-bond acceptors (Lipinski definition) is 10. The third kappa shape index (κ3) is 8.06. The van der Waals surface area contributed by atoms with Gasteiger partial charge in [0.05, 0.1) is 65.1 Å². The van der Waals surface area contributed by atoms with E-state index in [9.17, 15) is 19.2 Å². The number of aryl methyl sites for hydroxylation is 4. The van der Waals surface area contributed by atoms with Crippen LogP contribution in [0, 0.1) is 27.7 Å². The van der Waals surface area contributed by atoms with Gasteiger partial charge in [0.25, 0.3) is 0 Å². The van der Waals surface area contributed by atoms with Crippen molar-refractivity contribution >= 4 is 137 Å². The van der Waals surface area contributed by atoms with Crippen LogP contribution in [0.2, 0.25) is 20.1 Å². The molecule has 0 aliphatic carbocycles. The van der Waals surface area contributed by atoms with Crippen LogP contribution in [-0.2, 0) is 19.5 Å². The summed E-state index contributed by atoms with van der Waals surface area (Å²) in [6.07, 6.45) is 6.56. The van der Waals surface area contributed by atoms with Crippen LogP contribution in [0.5, 0.6) is 0 Å². The van der Waals surface area contributed by atoms with Crippen molar-refractivity contribution in [3.8, 4) is 44.5 Å². The summed E-state index contributed by atoms with van der Waals surface area (Å²) in [4.78, 5) is 78.6. The zero-order chi connectivity index (χ0) is 52.6. The molecule has 370 valence electrons. The molecule has 0 saturated heterocycles. The second-order valence-corrected chi connectivity index (χ2v) is 20.2. The minimum atomic E-state index is -0.795. The largest absolute Gasteiger partial charge is 2.00 e.